The summed E-state index contributed by atoms with van der Waals surface area (Å²) in [5.41, 5.74) is 6.75. The van der Waals surface area contributed by atoms with Crippen LogP contribution in [0, 0.1) is 11.7 Å². The third-order valence-corrected chi connectivity index (χ3v) is 7.03. The van der Waals surface area contributed by atoms with Gasteiger partial charge in [0.1, 0.15) is 11.9 Å². The average Bonchev–Trinajstić information content (AvgIpc) is 3.08. The minimum atomic E-state index is -1.25. The van der Waals surface area contributed by atoms with Crippen molar-refractivity contribution in [3.63, 3.8) is 0 Å². The highest BCUT2D eigenvalue weighted by Crippen LogP contribution is 2.27. The van der Waals surface area contributed by atoms with Crippen molar-refractivity contribution in [1.29, 1.82) is 0 Å². The molecule has 1 saturated carbocycles. The summed E-state index contributed by atoms with van der Waals surface area (Å²) in [4.78, 5) is 29.0. The molecule has 7 nitrogen and oxygen atoms in total. The van der Waals surface area contributed by atoms with Gasteiger partial charge in [-0.15, -0.1) is 0 Å². The van der Waals surface area contributed by atoms with Gasteiger partial charge in [-0.1, -0.05) is 38.7 Å². The van der Waals surface area contributed by atoms with Gasteiger partial charge in [0.25, 0.3) is 5.91 Å². The molecule has 2 aliphatic rings. The number of aliphatic hydroxyl groups excluding tert-OH is 1. The zero-order chi connectivity index (χ0) is 23.3. The second kappa shape index (κ2) is 11.2. The molecular formula is C24H37FN4O3. The zero-order valence-electron chi connectivity index (χ0n) is 19.2. The highest BCUT2D eigenvalue weighted by molar-refractivity contribution is 5.95. The molecule has 1 aliphatic heterocycles. The lowest BCUT2D eigenvalue weighted by Gasteiger charge is -2.34. The molecule has 0 aromatic heterocycles. The van der Waals surface area contributed by atoms with Crippen molar-refractivity contribution in [3.8, 4) is 0 Å². The first kappa shape index (κ1) is 24.6. The normalized spacial score (nSPS) is 21.5. The van der Waals surface area contributed by atoms with E-state index in [9.17, 15) is 19.1 Å². The lowest BCUT2D eigenvalue weighted by Crippen LogP contribution is -2.51. The molecule has 1 aromatic carbocycles. The van der Waals surface area contributed by atoms with Crippen LogP contribution < -0.4 is 11.1 Å². The molecule has 1 heterocycles. The van der Waals surface area contributed by atoms with Gasteiger partial charge in [-0.2, -0.15) is 0 Å². The predicted octanol–water partition coefficient (Wildman–Crippen LogP) is 2.30. The standard InChI is InChI=1S/C24H37FN4O3/c1-16(22(30)24(32)29-13-11-28(2)12-14-29)18-9-10-20(19(25)15-18)27-23(31)21(26)17-7-5-3-4-6-8-17/h9-10,15-17,21-22,30H,3-8,11-14,26H2,1-2H3,(H,27,31)/t16-,21-,22+/m0/s1. The van der Waals surface area contributed by atoms with Crippen LogP contribution in [0.2, 0.25) is 0 Å². The minimum absolute atomic E-state index is 0.0647. The van der Waals surface area contributed by atoms with Crippen LogP contribution in [0.3, 0.4) is 0 Å². The van der Waals surface area contributed by atoms with E-state index >= 15 is 0 Å². The van der Waals surface area contributed by atoms with E-state index in [4.69, 9.17) is 5.73 Å². The van der Waals surface area contributed by atoms with Crippen LogP contribution in [0.15, 0.2) is 18.2 Å². The van der Waals surface area contributed by atoms with Crippen LogP contribution in [0.1, 0.15) is 56.9 Å². The Bertz CT molecular complexity index is 789. The number of nitrogens with zero attached hydrogens (tertiary/aromatic N) is 2. The number of rotatable bonds is 6. The Labute approximate surface area is 190 Å². The van der Waals surface area contributed by atoms with E-state index in [0.717, 1.165) is 38.8 Å². The van der Waals surface area contributed by atoms with Gasteiger partial charge < -0.3 is 26.0 Å². The largest absolute Gasteiger partial charge is 0.383 e. The summed E-state index contributed by atoms with van der Waals surface area (Å²) in [6.07, 6.45) is 5.08. The number of nitrogens with two attached hydrogens (primary N) is 1. The first-order valence-corrected chi connectivity index (χ1v) is 11.8. The number of amides is 2. The first-order valence-electron chi connectivity index (χ1n) is 11.8. The number of anilines is 1. The van der Waals surface area contributed by atoms with Crippen LogP contribution in [0.4, 0.5) is 10.1 Å². The van der Waals surface area contributed by atoms with E-state index in [1.54, 1.807) is 17.9 Å². The Hall–Kier alpha value is -2.03. The van der Waals surface area contributed by atoms with Crippen LogP contribution >= 0.6 is 0 Å². The number of hydrogen-bond donors (Lipinski definition) is 3. The molecule has 1 aliphatic carbocycles. The quantitative estimate of drug-likeness (QED) is 0.580. The van der Waals surface area contributed by atoms with Crippen molar-refractivity contribution in [2.75, 3.05) is 38.5 Å². The van der Waals surface area contributed by atoms with Gasteiger partial charge in [-0.05, 0) is 43.5 Å². The van der Waals surface area contributed by atoms with Crippen LogP contribution in [-0.4, -0.2) is 72.1 Å². The summed E-state index contributed by atoms with van der Waals surface area (Å²) in [6.45, 7) is 4.37. The second-order valence-corrected chi connectivity index (χ2v) is 9.37. The molecule has 3 atom stereocenters. The molecule has 0 spiro atoms. The summed E-state index contributed by atoms with van der Waals surface area (Å²) in [5, 5.41) is 13.2. The number of aliphatic hydroxyl groups is 1. The third kappa shape index (κ3) is 6.05. The van der Waals surface area contributed by atoms with Gasteiger partial charge in [0.15, 0.2) is 0 Å². The molecule has 0 unspecified atom stereocenters. The molecule has 2 amide bonds. The van der Waals surface area contributed by atoms with E-state index < -0.39 is 23.9 Å². The molecule has 1 aromatic rings. The van der Waals surface area contributed by atoms with Crippen molar-refractivity contribution in [3.05, 3.63) is 29.6 Å². The zero-order valence-corrected chi connectivity index (χ0v) is 19.2. The molecule has 0 radical (unpaired) electrons. The molecule has 178 valence electrons. The number of benzene rings is 1. The number of hydrogen-bond acceptors (Lipinski definition) is 5. The van der Waals surface area contributed by atoms with Crippen molar-refractivity contribution in [1.82, 2.24) is 9.80 Å². The number of nitrogens with one attached hydrogen (secondary N) is 1. The maximum absolute atomic E-state index is 14.8. The van der Waals surface area contributed by atoms with Crippen molar-refractivity contribution < 1.29 is 19.1 Å². The lowest BCUT2D eigenvalue weighted by atomic mass is 9.91. The Morgan fingerprint density at radius 3 is 2.34 bits per heavy atom. The fourth-order valence-corrected chi connectivity index (χ4v) is 4.63. The van der Waals surface area contributed by atoms with Gasteiger partial charge >= 0.3 is 0 Å². The van der Waals surface area contributed by atoms with Gasteiger partial charge in [0, 0.05) is 32.1 Å². The minimum Gasteiger partial charge on any atom is -0.383 e. The van der Waals surface area contributed by atoms with Crippen molar-refractivity contribution >= 4 is 17.5 Å². The average molecular weight is 449 g/mol. The molecular weight excluding hydrogens is 411 g/mol. The molecule has 8 heteroatoms. The van der Waals surface area contributed by atoms with E-state index in [2.05, 4.69) is 10.2 Å². The summed E-state index contributed by atoms with van der Waals surface area (Å²) < 4.78 is 14.8. The number of carbonyl (C=O) groups excluding carboxylic acids is 2. The number of piperazine rings is 1. The van der Waals surface area contributed by atoms with Gasteiger partial charge in [-0.3, -0.25) is 9.59 Å². The highest BCUT2D eigenvalue weighted by atomic mass is 19.1. The smallest absolute Gasteiger partial charge is 0.252 e. The number of halogens is 1. The Balaban J connectivity index is 1.61. The third-order valence-electron chi connectivity index (χ3n) is 7.03. The first-order chi connectivity index (χ1) is 15.3. The molecule has 32 heavy (non-hydrogen) atoms. The van der Waals surface area contributed by atoms with Crippen LogP contribution in [0.5, 0.6) is 0 Å². The van der Waals surface area contributed by atoms with E-state index in [-0.39, 0.29) is 23.4 Å². The summed E-state index contributed by atoms with van der Waals surface area (Å²) >= 11 is 0. The van der Waals surface area contributed by atoms with Crippen LogP contribution in [-0.2, 0) is 9.59 Å². The van der Waals surface area contributed by atoms with Gasteiger partial charge in [-0.25, -0.2) is 4.39 Å². The van der Waals surface area contributed by atoms with Crippen molar-refractivity contribution in [2.45, 2.75) is 63.5 Å². The van der Waals surface area contributed by atoms with Gasteiger partial charge in [0.05, 0.1) is 11.7 Å². The SMILES string of the molecule is C[C@@H](c1ccc(NC(=O)[C@@H](N)C2CCCCCC2)c(F)c1)[C@@H](O)C(=O)N1CCN(C)CC1. The monoisotopic (exact) mass is 448 g/mol. The second-order valence-electron chi connectivity index (χ2n) is 9.37. The number of carbonyl (C=O) groups is 2. The Morgan fingerprint density at radius 2 is 1.75 bits per heavy atom. The van der Waals surface area contributed by atoms with E-state index in [0.29, 0.717) is 18.7 Å². The molecule has 4 N–H and O–H groups in total. The Morgan fingerprint density at radius 1 is 1.12 bits per heavy atom. The van der Waals surface area contributed by atoms with Crippen LogP contribution in [0.25, 0.3) is 0 Å². The van der Waals surface area contributed by atoms with E-state index in [1.807, 2.05) is 7.05 Å². The summed E-state index contributed by atoms with van der Waals surface area (Å²) in [7, 11) is 1.99. The summed E-state index contributed by atoms with van der Waals surface area (Å²) in [6, 6.07) is 3.74. The fraction of sp³-hybridized carbons (Fsp3) is 0.667. The predicted molar refractivity (Wildman–Crippen MR) is 123 cm³/mol. The Kier molecular flexibility index (Phi) is 8.62. The number of likely N-dealkylation sites (N-methyl/N-ethyl adjacent to an activating group) is 1. The molecule has 3 rings (SSSR count). The molecule has 1 saturated heterocycles. The topological polar surface area (TPSA) is 98.9 Å². The fourth-order valence-electron chi connectivity index (χ4n) is 4.63. The maximum Gasteiger partial charge on any atom is 0.252 e. The maximum atomic E-state index is 14.8. The molecule has 2 fully saturated rings. The lowest BCUT2D eigenvalue weighted by molar-refractivity contribution is -0.142. The van der Waals surface area contributed by atoms with Gasteiger partial charge in [0.2, 0.25) is 5.91 Å². The molecule has 0 bridgehead atoms. The highest BCUT2D eigenvalue weighted by Gasteiger charge is 2.30. The summed E-state index contributed by atoms with van der Waals surface area (Å²) in [5.74, 6) is -1.76. The van der Waals surface area contributed by atoms with E-state index in [1.165, 1.54) is 25.0 Å². The van der Waals surface area contributed by atoms with Crippen molar-refractivity contribution in [2.24, 2.45) is 11.7 Å².